The maximum atomic E-state index is 13.0. The summed E-state index contributed by atoms with van der Waals surface area (Å²) in [6, 6.07) is -1.90. The smallest absolute Gasteiger partial charge is 0.326 e. The van der Waals surface area contributed by atoms with Gasteiger partial charge in [-0.05, 0) is 45.4 Å². The van der Waals surface area contributed by atoms with Crippen LogP contribution in [0.5, 0.6) is 0 Å². The molecule has 2 fully saturated rings. The summed E-state index contributed by atoms with van der Waals surface area (Å²) in [5.41, 5.74) is 0. The van der Waals surface area contributed by atoms with Gasteiger partial charge in [0.15, 0.2) is 0 Å². The molecule has 142 valence electrons. The standard InChI is InChI=1S/C18H30N2O5/c1-4-7-13(18(24)25-5-2)19-11(3)16(21)20-14-9-6-8-12(14)10-15(20)17(22)23/h11-15,19H,4-10H2,1-3H3,(H,22,23)/t11-,12-,13-,14-,15-/m0/s1. The maximum Gasteiger partial charge on any atom is 0.326 e. The number of hydrogen-bond donors (Lipinski definition) is 2. The molecular weight excluding hydrogens is 324 g/mol. The minimum absolute atomic E-state index is 0.0186. The van der Waals surface area contributed by atoms with Crippen molar-refractivity contribution in [2.45, 2.75) is 83.5 Å². The second kappa shape index (κ2) is 8.65. The van der Waals surface area contributed by atoms with E-state index in [4.69, 9.17) is 4.74 Å². The summed E-state index contributed by atoms with van der Waals surface area (Å²) in [6.45, 7) is 5.70. The van der Waals surface area contributed by atoms with Crippen molar-refractivity contribution in [2.75, 3.05) is 6.61 Å². The number of amides is 1. The van der Waals surface area contributed by atoms with E-state index >= 15 is 0 Å². The first-order chi connectivity index (χ1) is 11.9. The zero-order valence-electron chi connectivity index (χ0n) is 15.4. The number of esters is 1. The van der Waals surface area contributed by atoms with Crippen LogP contribution < -0.4 is 5.32 Å². The molecule has 0 aromatic carbocycles. The molecule has 0 bridgehead atoms. The summed E-state index contributed by atoms with van der Waals surface area (Å²) in [6.07, 6.45) is 4.78. The van der Waals surface area contributed by atoms with Gasteiger partial charge >= 0.3 is 11.9 Å². The van der Waals surface area contributed by atoms with Crippen molar-refractivity contribution in [1.29, 1.82) is 0 Å². The molecule has 0 aromatic heterocycles. The van der Waals surface area contributed by atoms with Gasteiger partial charge in [-0.25, -0.2) is 4.79 Å². The van der Waals surface area contributed by atoms with Crippen LogP contribution in [0.1, 0.15) is 59.3 Å². The molecule has 7 heteroatoms. The highest BCUT2D eigenvalue weighted by Gasteiger charge is 2.49. The number of fused-ring (bicyclic) bond motifs is 1. The Labute approximate surface area is 149 Å². The number of carboxylic acid groups (broad SMARTS) is 1. The van der Waals surface area contributed by atoms with Crippen LogP contribution in [0.3, 0.4) is 0 Å². The molecule has 0 spiro atoms. The fraction of sp³-hybridized carbons (Fsp3) is 0.833. The normalized spacial score (nSPS) is 27.6. The number of hydrogen-bond acceptors (Lipinski definition) is 5. The molecule has 1 saturated heterocycles. The lowest BCUT2D eigenvalue weighted by Gasteiger charge is -2.31. The number of carboxylic acids is 1. The molecule has 1 amide bonds. The zero-order valence-corrected chi connectivity index (χ0v) is 15.4. The SMILES string of the molecule is CCC[C@H](N[C@@H](C)C(=O)N1[C@H](C(=O)O)C[C@@H]2CCC[C@@H]21)C(=O)OCC. The monoisotopic (exact) mass is 354 g/mol. The summed E-state index contributed by atoms with van der Waals surface area (Å²) in [7, 11) is 0. The number of nitrogens with one attached hydrogen (secondary N) is 1. The molecule has 0 aromatic rings. The van der Waals surface area contributed by atoms with Crippen molar-refractivity contribution in [3.63, 3.8) is 0 Å². The highest BCUT2D eigenvalue weighted by atomic mass is 16.5. The number of carbonyl (C=O) groups is 3. The number of aliphatic carboxylic acids is 1. The molecule has 2 rings (SSSR count). The van der Waals surface area contributed by atoms with E-state index in [0.29, 0.717) is 19.4 Å². The average molecular weight is 354 g/mol. The summed E-state index contributed by atoms with van der Waals surface area (Å²) < 4.78 is 5.07. The zero-order chi connectivity index (χ0) is 18.6. The third-order valence-electron chi connectivity index (χ3n) is 5.35. The fourth-order valence-corrected chi connectivity index (χ4v) is 4.22. The molecule has 2 aliphatic rings. The minimum Gasteiger partial charge on any atom is -0.480 e. The predicted molar refractivity (Wildman–Crippen MR) is 91.9 cm³/mol. The van der Waals surface area contributed by atoms with Crippen molar-refractivity contribution in [2.24, 2.45) is 5.92 Å². The van der Waals surface area contributed by atoms with Crippen LogP contribution in [-0.2, 0) is 19.1 Å². The lowest BCUT2D eigenvalue weighted by Crippen LogP contribution is -2.55. The van der Waals surface area contributed by atoms with Gasteiger partial charge in [0, 0.05) is 6.04 Å². The molecule has 1 aliphatic carbocycles. The van der Waals surface area contributed by atoms with Gasteiger partial charge in [-0.2, -0.15) is 0 Å². The summed E-state index contributed by atoms with van der Waals surface area (Å²) >= 11 is 0. The van der Waals surface area contributed by atoms with Crippen molar-refractivity contribution < 1.29 is 24.2 Å². The van der Waals surface area contributed by atoms with Crippen LogP contribution in [0.15, 0.2) is 0 Å². The Balaban J connectivity index is 2.08. The molecule has 25 heavy (non-hydrogen) atoms. The first kappa shape index (κ1) is 19.7. The van der Waals surface area contributed by atoms with Gasteiger partial charge < -0.3 is 14.7 Å². The number of nitrogens with zero attached hydrogens (tertiary/aromatic N) is 1. The first-order valence-electron chi connectivity index (χ1n) is 9.38. The number of likely N-dealkylation sites (tertiary alicyclic amines) is 1. The summed E-state index contributed by atoms with van der Waals surface area (Å²) in [4.78, 5) is 38.2. The minimum atomic E-state index is -0.939. The molecule has 1 aliphatic heterocycles. The van der Waals surface area contributed by atoms with Gasteiger partial charge in [0.25, 0.3) is 0 Å². The van der Waals surface area contributed by atoms with Crippen LogP contribution in [0.25, 0.3) is 0 Å². The van der Waals surface area contributed by atoms with E-state index in [0.717, 1.165) is 25.7 Å². The molecule has 2 N–H and O–H groups in total. The molecule has 0 unspecified atom stereocenters. The maximum absolute atomic E-state index is 13.0. The molecular formula is C18H30N2O5. The van der Waals surface area contributed by atoms with E-state index in [2.05, 4.69) is 5.32 Å². The quantitative estimate of drug-likeness (QED) is 0.642. The molecule has 0 radical (unpaired) electrons. The number of rotatable bonds is 8. The van der Waals surface area contributed by atoms with E-state index < -0.39 is 24.1 Å². The predicted octanol–water partition coefficient (Wildman–Crippen LogP) is 1.55. The van der Waals surface area contributed by atoms with Gasteiger partial charge in [-0.3, -0.25) is 14.9 Å². The fourth-order valence-electron chi connectivity index (χ4n) is 4.22. The molecule has 5 atom stereocenters. The van der Waals surface area contributed by atoms with Gasteiger partial charge in [-0.1, -0.05) is 19.8 Å². The Hall–Kier alpha value is -1.63. The second-order valence-corrected chi connectivity index (χ2v) is 7.08. The van der Waals surface area contributed by atoms with Crippen LogP contribution in [0, 0.1) is 5.92 Å². The average Bonchev–Trinajstić information content (AvgIpc) is 3.14. The third kappa shape index (κ3) is 4.32. The molecule has 1 heterocycles. The lowest BCUT2D eigenvalue weighted by molar-refractivity contribution is -0.151. The van der Waals surface area contributed by atoms with Crippen molar-refractivity contribution >= 4 is 17.8 Å². The Morgan fingerprint density at radius 2 is 2.00 bits per heavy atom. The Morgan fingerprint density at radius 1 is 1.28 bits per heavy atom. The highest BCUT2D eigenvalue weighted by Crippen LogP contribution is 2.41. The van der Waals surface area contributed by atoms with E-state index in [1.165, 1.54) is 0 Å². The molecule has 1 saturated carbocycles. The van der Waals surface area contributed by atoms with Crippen molar-refractivity contribution in [3.05, 3.63) is 0 Å². The van der Waals surface area contributed by atoms with Gasteiger partial charge in [0.1, 0.15) is 12.1 Å². The van der Waals surface area contributed by atoms with Crippen LogP contribution in [-0.4, -0.2) is 58.6 Å². The van der Waals surface area contributed by atoms with E-state index in [1.54, 1.807) is 18.7 Å². The number of carbonyl (C=O) groups excluding carboxylic acids is 2. The van der Waals surface area contributed by atoms with Gasteiger partial charge in [-0.15, -0.1) is 0 Å². The number of ether oxygens (including phenoxy) is 1. The van der Waals surface area contributed by atoms with Crippen molar-refractivity contribution in [3.8, 4) is 0 Å². The summed E-state index contributed by atoms with van der Waals surface area (Å²) in [5, 5.41) is 12.6. The Morgan fingerprint density at radius 3 is 2.60 bits per heavy atom. The Kier molecular flexibility index (Phi) is 6.81. The topological polar surface area (TPSA) is 95.9 Å². The van der Waals surface area contributed by atoms with Crippen LogP contribution >= 0.6 is 0 Å². The summed E-state index contributed by atoms with van der Waals surface area (Å²) in [5.74, 6) is -1.25. The molecule has 7 nitrogen and oxygen atoms in total. The largest absolute Gasteiger partial charge is 0.480 e. The van der Waals surface area contributed by atoms with E-state index in [-0.39, 0.29) is 23.8 Å². The van der Waals surface area contributed by atoms with E-state index in [1.807, 2.05) is 6.92 Å². The third-order valence-corrected chi connectivity index (χ3v) is 5.35. The van der Waals surface area contributed by atoms with Crippen LogP contribution in [0.4, 0.5) is 0 Å². The van der Waals surface area contributed by atoms with Gasteiger partial charge in [0.2, 0.25) is 5.91 Å². The lowest BCUT2D eigenvalue weighted by atomic mass is 10.0. The first-order valence-corrected chi connectivity index (χ1v) is 9.38. The second-order valence-electron chi connectivity index (χ2n) is 7.08. The Bertz CT molecular complexity index is 510. The van der Waals surface area contributed by atoms with Gasteiger partial charge in [0.05, 0.1) is 12.6 Å². The van der Waals surface area contributed by atoms with Crippen molar-refractivity contribution in [1.82, 2.24) is 10.2 Å². The van der Waals surface area contributed by atoms with E-state index in [9.17, 15) is 19.5 Å². The van der Waals surface area contributed by atoms with Crippen LogP contribution in [0.2, 0.25) is 0 Å². The highest BCUT2D eigenvalue weighted by molar-refractivity contribution is 5.88.